The minimum absolute atomic E-state index is 0.0666. The van der Waals surface area contributed by atoms with Gasteiger partial charge in [0.15, 0.2) is 17.1 Å². The van der Waals surface area contributed by atoms with Gasteiger partial charge in [0.05, 0.1) is 0 Å². The van der Waals surface area contributed by atoms with Crippen molar-refractivity contribution in [1.82, 2.24) is 34.3 Å². The molecule has 2 amide bonds. The average molecular weight is 629 g/mol. The van der Waals surface area contributed by atoms with E-state index in [2.05, 4.69) is 29.7 Å². The first kappa shape index (κ1) is 31.5. The molecule has 11 nitrogen and oxygen atoms in total. The van der Waals surface area contributed by atoms with Gasteiger partial charge >= 0.3 is 6.09 Å². The van der Waals surface area contributed by atoms with Gasteiger partial charge in [0.25, 0.3) is 5.91 Å². The van der Waals surface area contributed by atoms with Gasteiger partial charge in [-0.1, -0.05) is 6.07 Å². The number of halogens is 1. The van der Waals surface area contributed by atoms with E-state index in [1.54, 1.807) is 38.1 Å². The number of nitrogens with one attached hydrogen (secondary N) is 1. The van der Waals surface area contributed by atoms with Gasteiger partial charge < -0.3 is 14.2 Å². The maximum Gasteiger partial charge on any atom is 0.413 e. The molecule has 0 atom stereocenters. The fourth-order valence-electron chi connectivity index (χ4n) is 6.40. The molecule has 0 spiro atoms. The molecule has 0 unspecified atom stereocenters. The molecule has 2 saturated heterocycles. The summed E-state index contributed by atoms with van der Waals surface area (Å²) >= 11 is 0. The highest BCUT2D eigenvalue weighted by Gasteiger charge is 2.45. The number of carbonyl (C=O) groups is 2. The van der Waals surface area contributed by atoms with Gasteiger partial charge in [-0.15, -0.1) is 0 Å². The summed E-state index contributed by atoms with van der Waals surface area (Å²) in [7, 11) is 0. The molecule has 242 valence electrons. The standard InChI is InChI=1S/C34H41FN8O3/c1-23-20-24(21-28(38-23)40-32(45)46-33(2,3)4)22-41-18-12-34(35,13-19-41)31(44)42-16-10-25(11-17-42)43-29-27(9-7-15-37-29)39-30(43)26-8-5-6-14-36-26/h5-9,14-15,20-21,25H,10-13,16-19,22H2,1-4H3,(H,38,40,45). The predicted molar refractivity (Wildman–Crippen MR) is 173 cm³/mol. The summed E-state index contributed by atoms with van der Waals surface area (Å²) in [6.07, 6.45) is 4.57. The summed E-state index contributed by atoms with van der Waals surface area (Å²) in [5.41, 5.74) is 1.56. The van der Waals surface area contributed by atoms with E-state index in [9.17, 15) is 9.59 Å². The van der Waals surface area contributed by atoms with Gasteiger partial charge in [0, 0.05) is 69.7 Å². The molecule has 4 aromatic heterocycles. The number of ether oxygens (including phenoxy) is 1. The van der Waals surface area contributed by atoms with Gasteiger partial charge in [-0.25, -0.2) is 24.1 Å². The summed E-state index contributed by atoms with van der Waals surface area (Å²) in [4.78, 5) is 48.0. The zero-order valence-corrected chi connectivity index (χ0v) is 26.9. The Morgan fingerprint density at radius 2 is 1.74 bits per heavy atom. The highest BCUT2D eigenvalue weighted by atomic mass is 19.1. The minimum atomic E-state index is -1.89. The van der Waals surface area contributed by atoms with Crippen LogP contribution in [0.4, 0.5) is 15.0 Å². The van der Waals surface area contributed by atoms with Crippen LogP contribution in [0.5, 0.6) is 0 Å². The molecule has 1 N–H and O–H groups in total. The number of pyridine rings is 3. The number of alkyl halides is 1. The lowest BCUT2D eigenvalue weighted by atomic mass is 9.90. The van der Waals surface area contributed by atoms with Crippen LogP contribution in [0.3, 0.4) is 0 Å². The van der Waals surface area contributed by atoms with Gasteiger partial charge in [-0.05, 0) is 82.5 Å². The Labute approximate surface area is 268 Å². The largest absolute Gasteiger partial charge is 0.444 e. The third kappa shape index (κ3) is 7.01. The van der Waals surface area contributed by atoms with Crippen LogP contribution in [0, 0.1) is 6.92 Å². The van der Waals surface area contributed by atoms with Crippen LogP contribution >= 0.6 is 0 Å². The Morgan fingerprint density at radius 3 is 2.43 bits per heavy atom. The zero-order chi connectivity index (χ0) is 32.5. The molecule has 2 aliphatic heterocycles. The summed E-state index contributed by atoms with van der Waals surface area (Å²) in [5, 5.41) is 2.70. The van der Waals surface area contributed by atoms with Gasteiger partial charge in [-0.2, -0.15) is 0 Å². The van der Waals surface area contributed by atoms with Crippen molar-refractivity contribution in [2.45, 2.75) is 77.2 Å². The van der Waals surface area contributed by atoms with Crippen molar-refractivity contribution in [1.29, 1.82) is 0 Å². The van der Waals surface area contributed by atoms with Crippen LogP contribution in [-0.4, -0.2) is 83.8 Å². The Kier molecular flexibility index (Phi) is 8.73. The second-order valence-corrected chi connectivity index (χ2v) is 13.3. The topological polar surface area (TPSA) is 118 Å². The van der Waals surface area contributed by atoms with E-state index in [1.165, 1.54) is 0 Å². The number of imidazole rings is 1. The normalized spacial score (nSPS) is 17.6. The maximum atomic E-state index is 16.2. The lowest BCUT2D eigenvalue weighted by Crippen LogP contribution is -2.53. The van der Waals surface area contributed by atoms with E-state index in [1.807, 2.05) is 49.4 Å². The summed E-state index contributed by atoms with van der Waals surface area (Å²) < 4.78 is 23.7. The molecule has 0 bridgehead atoms. The molecule has 6 rings (SSSR count). The summed E-state index contributed by atoms with van der Waals surface area (Å²) in [6, 6.07) is 13.4. The van der Waals surface area contributed by atoms with E-state index in [4.69, 9.17) is 9.72 Å². The third-order valence-electron chi connectivity index (χ3n) is 8.54. The number of carbonyl (C=O) groups excluding carboxylic acids is 2. The SMILES string of the molecule is Cc1cc(CN2CCC(F)(C(=O)N3CCC(n4c(-c5ccccn5)nc5cccnc54)CC3)CC2)cc(NC(=O)OC(C)(C)C)n1. The van der Waals surface area contributed by atoms with Crippen LogP contribution in [0.15, 0.2) is 54.9 Å². The van der Waals surface area contributed by atoms with E-state index in [-0.39, 0.29) is 18.9 Å². The van der Waals surface area contributed by atoms with E-state index in [0.29, 0.717) is 51.4 Å². The van der Waals surface area contributed by atoms with Crippen molar-refractivity contribution in [2.75, 3.05) is 31.5 Å². The van der Waals surface area contributed by atoms with Crippen molar-refractivity contribution < 1.29 is 18.7 Å². The molecule has 0 radical (unpaired) electrons. The number of aryl methyl sites for hydroxylation is 1. The molecule has 2 fully saturated rings. The van der Waals surface area contributed by atoms with Crippen molar-refractivity contribution in [3.8, 4) is 11.5 Å². The first-order valence-electron chi connectivity index (χ1n) is 15.9. The van der Waals surface area contributed by atoms with Crippen LogP contribution in [-0.2, 0) is 16.1 Å². The number of aromatic nitrogens is 5. The zero-order valence-electron chi connectivity index (χ0n) is 26.9. The number of anilines is 1. The second-order valence-electron chi connectivity index (χ2n) is 13.3. The molecular formula is C34H41FN8O3. The molecule has 6 heterocycles. The third-order valence-corrected chi connectivity index (χ3v) is 8.54. The van der Waals surface area contributed by atoms with E-state index in [0.717, 1.165) is 33.9 Å². The van der Waals surface area contributed by atoms with Crippen LogP contribution < -0.4 is 5.32 Å². The number of fused-ring (bicyclic) bond motifs is 1. The Morgan fingerprint density at radius 1 is 1.00 bits per heavy atom. The maximum absolute atomic E-state index is 16.2. The smallest absolute Gasteiger partial charge is 0.413 e. The van der Waals surface area contributed by atoms with Crippen molar-refractivity contribution in [2.24, 2.45) is 0 Å². The second kappa shape index (κ2) is 12.7. The fourth-order valence-corrected chi connectivity index (χ4v) is 6.40. The highest BCUT2D eigenvalue weighted by Crippen LogP contribution is 2.35. The Bertz CT molecular complexity index is 1700. The average Bonchev–Trinajstić information content (AvgIpc) is 3.41. The lowest BCUT2D eigenvalue weighted by Gasteiger charge is -2.40. The lowest BCUT2D eigenvalue weighted by molar-refractivity contribution is -0.148. The minimum Gasteiger partial charge on any atom is -0.444 e. The van der Waals surface area contributed by atoms with Gasteiger partial charge in [-0.3, -0.25) is 20.0 Å². The number of hydrogen-bond acceptors (Lipinski definition) is 8. The number of hydrogen-bond donors (Lipinski definition) is 1. The molecule has 0 aliphatic carbocycles. The molecule has 0 saturated carbocycles. The first-order chi connectivity index (χ1) is 22.0. The number of amides is 2. The molecule has 2 aliphatic rings. The van der Waals surface area contributed by atoms with E-state index < -0.39 is 23.3 Å². The molecule has 4 aromatic rings. The fraction of sp³-hybridized carbons (Fsp3) is 0.471. The van der Waals surface area contributed by atoms with Crippen LogP contribution in [0.25, 0.3) is 22.7 Å². The van der Waals surface area contributed by atoms with Crippen LogP contribution in [0.2, 0.25) is 0 Å². The predicted octanol–water partition coefficient (Wildman–Crippen LogP) is 5.71. The molecule has 12 heteroatoms. The van der Waals surface area contributed by atoms with Crippen LogP contribution in [0.1, 0.15) is 63.8 Å². The molecular weight excluding hydrogens is 587 g/mol. The van der Waals surface area contributed by atoms with Crippen molar-refractivity contribution in [3.05, 3.63) is 66.1 Å². The molecule has 46 heavy (non-hydrogen) atoms. The Hall–Kier alpha value is -4.45. The van der Waals surface area contributed by atoms with Gasteiger partial charge in [0.2, 0.25) is 0 Å². The highest BCUT2D eigenvalue weighted by molar-refractivity contribution is 5.85. The first-order valence-corrected chi connectivity index (χ1v) is 15.9. The quantitative estimate of drug-likeness (QED) is 0.289. The van der Waals surface area contributed by atoms with Crippen molar-refractivity contribution in [3.63, 3.8) is 0 Å². The van der Waals surface area contributed by atoms with Gasteiger partial charge in [0.1, 0.15) is 22.6 Å². The number of rotatable bonds is 6. The summed E-state index contributed by atoms with van der Waals surface area (Å²) in [6.45, 7) is 9.67. The molecule has 0 aromatic carbocycles. The number of piperidine rings is 2. The number of nitrogens with zero attached hydrogens (tertiary/aromatic N) is 7. The van der Waals surface area contributed by atoms with Crippen molar-refractivity contribution >= 4 is 29.0 Å². The Balaban J connectivity index is 1.06. The van der Waals surface area contributed by atoms with E-state index >= 15 is 4.39 Å². The monoisotopic (exact) mass is 628 g/mol. The number of likely N-dealkylation sites (tertiary alicyclic amines) is 2. The summed E-state index contributed by atoms with van der Waals surface area (Å²) in [5.74, 6) is 0.754.